The van der Waals surface area contributed by atoms with Gasteiger partial charge in [-0.15, -0.1) is 0 Å². The zero-order valence-corrected chi connectivity index (χ0v) is 18.1. The van der Waals surface area contributed by atoms with Gasteiger partial charge in [-0.2, -0.15) is 0 Å². The Morgan fingerprint density at radius 3 is 2.60 bits per heavy atom. The van der Waals surface area contributed by atoms with E-state index in [2.05, 4.69) is 15.1 Å². The summed E-state index contributed by atoms with van der Waals surface area (Å²) in [5.41, 5.74) is 2.98. The number of β-amino-alcohol motifs (C(OH)–C–C–N with tert-alkyl or cyclic N) is 1. The van der Waals surface area contributed by atoms with Crippen LogP contribution in [-0.4, -0.2) is 61.3 Å². The SMILES string of the molecule is O=C1CCc2ccc(OC[C@@H](O)CN3CCN(c4ccc(Cl)c(Cl)c4)CC3)cc2N1. The molecule has 2 aromatic rings. The van der Waals surface area contributed by atoms with Gasteiger partial charge in [0.1, 0.15) is 18.5 Å². The predicted octanol–water partition coefficient (Wildman–Crippen LogP) is 3.44. The second-order valence-corrected chi connectivity index (χ2v) is 8.53. The van der Waals surface area contributed by atoms with E-state index in [1.54, 1.807) is 0 Å². The lowest BCUT2D eigenvalue weighted by Gasteiger charge is -2.37. The Hall–Kier alpha value is -1.99. The fourth-order valence-corrected chi connectivity index (χ4v) is 4.15. The zero-order chi connectivity index (χ0) is 21.1. The number of nitrogens with zero attached hydrogens (tertiary/aromatic N) is 2. The molecule has 0 spiro atoms. The molecule has 2 aliphatic rings. The van der Waals surface area contributed by atoms with Crippen LogP contribution in [0, 0.1) is 0 Å². The third kappa shape index (κ3) is 5.19. The maximum absolute atomic E-state index is 11.6. The number of aliphatic hydroxyl groups is 1. The van der Waals surface area contributed by atoms with Crippen LogP contribution in [0.5, 0.6) is 5.75 Å². The third-order valence-electron chi connectivity index (χ3n) is 5.53. The topological polar surface area (TPSA) is 65.0 Å². The van der Waals surface area contributed by atoms with Gasteiger partial charge in [0.15, 0.2) is 0 Å². The van der Waals surface area contributed by atoms with Crippen molar-refractivity contribution in [2.45, 2.75) is 18.9 Å². The molecule has 4 rings (SSSR count). The summed E-state index contributed by atoms with van der Waals surface area (Å²) in [5, 5.41) is 14.4. The third-order valence-corrected chi connectivity index (χ3v) is 6.27. The Morgan fingerprint density at radius 2 is 1.83 bits per heavy atom. The highest BCUT2D eigenvalue weighted by molar-refractivity contribution is 6.42. The number of hydrogen-bond acceptors (Lipinski definition) is 5. The molecular formula is C22H25Cl2N3O3. The Kier molecular flexibility index (Phi) is 6.68. The van der Waals surface area contributed by atoms with E-state index in [9.17, 15) is 9.90 Å². The molecule has 1 atom stereocenters. The van der Waals surface area contributed by atoms with Crippen LogP contribution in [0.1, 0.15) is 12.0 Å². The van der Waals surface area contributed by atoms with Crippen LogP contribution in [0.2, 0.25) is 10.0 Å². The minimum Gasteiger partial charge on any atom is -0.491 e. The van der Waals surface area contributed by atoms with E-state index in [0.29, 0.717) is 28.8 Å². The molecule has 0 aromatic heterocycles. The molecule has 160 valence electrons. The minimum absolute atomic E-state index is 0.0275. The van der Waals surface area contributed by atoms with Crippen molar-refractivity contribution in [2.75, 3.05) is 49.5 Å². The number of hydrogen-bond donors (Lipinski definition) is 2. The summed E-state index contributed by atoms with van der Waals surface area (Å²) in [5.74, 6) is 0.680. The Bertz CT molecular complexity index is 916. The van der Waals surface area contributed by atoms with Crippen molar-refractivity contribution in [2.24, 2.45) is 0 Å². The average molecular weight is 450 g/mol. The molecule has 1 amide bonds. The van der Waals surface area contributed by atoms with E-state index in [1.165, 1.54) is 0 Å². The number of aryl methyl sites for hydroxylation is 1. The molecular weight excluding hydrogens is 425 g/mol. The van der Waals surface area contributed by atoms with Gasteiger partial charge in [-0.05, 0) is 36.2 Å². The number of amides is 1. The maximum Gasteiger partial charge on any atom is 0.224 e. The molecule has 2 heterocycles. The summed E-state index contributed by atoms with van der Waals surface area (Å²) in [6.07, 6.45) is 0.676. The van der Waals surface area contributed by atoms with Crippen molar-refractivity contribution in [1.29, 1.82) is 0 Å². The van der Waals surface area contributed by atoms with Crippen molar-refractivity contribution < 1.29 is 14.6 Å². The maximum atomic E-state index is 11.6. The number of halogens is 2. The number of ether oxygens (including phenoxy) is 1. The van der Waals surface area contributed by atoms with E-state index in [1.807, 2.05) is 36.4 Å². The Morgan fingerprint density at radius 1 is 1.03 bits per heavy atom. The number of rotatable bonds is 6. The molecule has 2 aromatic carbocycles. The first-order valence-electron chi connectivity index (χ1n) is 10.1. The fourth-order valence-electron chi connectivity index (χ4n) is 3.85. The highest BCUT2D eigenvalue weighted by atomic mass is 35.5. The minimum atomic E-state index is -0.591. The van der Waals surface area contributed by atoms with Gasteiger partial charge in [-0.25, -0.2) is 0 Å². The molecule has 0 unspecified atom stereocenters. The van der Waals surface area contributed by atoms with Crippen molar-refractivity contribution in [3.63, 3.8) is 0 Å². The summed E-state index contributed by atoms with van der Waals surface area (Å²) in [6.45, 7) is 4.17. The summed E-state index contributed by atoms with van der Waals surface area (Å²) >= 11 is 12.1. The van der Waals surface area contributed by atoms with E-state index >= 15 is 0 Å². The summed E-state index contributed by atoms with van der Waals surface area (Å²) in [7, 11) is 0. The average Bonchev–Trinajstić information content (AvgIpc) is 2.74. The molecule has 2 aliphatic heterocycles. The van der Waals surface area contributed by atoms with Gasteiger partial charge in [0.2, 0.25) is 5.91 Å². The molecule has 1 fully saturated rings. The number of fused-ring (bicyclic) bond motifs is 1. The lowest BCUT2D eigenvalue weighted by molar-refractivity contribution is -0.116. The first-order valence-corrected chi connectivity index (χ1v) is 10.9. The molecule has 0 radical (unpaired) electrons. The quantitative estimate of drug-likeness (QED) is 0.706. The number of carbonyl (C=O) groups excluding carboxylic acids is 1. The molecule has 2 N–H and O–H groups in total. The van der Waals surface area contributed by atoms with E-state index in [4.69, 9.17) is 27.9 Å². The molecule has 30 heavy (non-hydrogen) atoms. The highest BCUT2D eigenvalue weighted by Gasteiger charge is 2.21. The van der Waals surface area contributed by atoms with Crippen LogP contribution in [0.3, 0.4) is 0 Å². The molecule has 6 nitrogen and oxygen atoms in total. The zero-order valence-electron chi connectivity index (χ0n) is 16.6. The summed E-state index contributed by atoms with van der Waals surface area (Å²) in [6, 6.07) is 11.4. The van der Waals surface area contributed by atoms with Gasteiger partial charge in [0, 0.05) is 56.6 Å². The van der Waals surface area contributed by atoms with E-state index in [0.717, 1.165) is 49.5 Å². The monoisotopic (exact) mass is 449 g/mol. The summed E-state index contributed by atoms with van der Waals surface area (Å²) < 4.78 is 5.76. The number of carbonyl (C=O) groups is 1. The van der Waals surface area contributed by atoms with E-state index < -0.39 is 6.10 Å². The van der Waals surface area contributed by atoms with Gasteiger partial charge < -0.3 is 20.1 Å². The normalized spacial score (nSPS) is 18.0. The van der Waals surface area contributed by atoms with Crippen LogP contribution >= 0.6 is 23.2 Å². The van der Waals surface area contributed by atoms with Crippen LogP contribution in [0.25, 0.3) is 0 Å². The molecule has 8 heteroatoms. The highest BCUT2D eigenvalue weighted by Crippen LogP contribution is 2.28. The van der Waals surface area contributed by atoms with Crippen LogP contribution in [0.4, 0.5) is 11.4 Å². The number of piperazine rings is 1. The Labute approximate surface area is 186 Å². The standard InChI is InChI=1S/C22H25Cl2N3O3/c23-19-5-3-16(11-20(19)24)27-9-7-26(8-10-27)13-17(28)14-30-18-4-1-15-2-6-22(29)25-21(15)12-18/h1,3-5,11-12,17,28H,2,6-10,13-14H2,(H,25,29)/t17-/m0/s1. The lowest BCUT2D eigenvalue weighted by atomic mass is 10.0. The number of aliphatic hydroxyl groups excluding tert-OH is 1. The van der Waals surface area contributed by atoms with Gasteiger partial charge in [-0.1, -0.05) is 29.3 Å². The first kappa shape index (κ1) is 21.2. The van der Waals surface area contributed by atoms with Crippen molar-refractivity contribution in [3.8, 4) is 5.75 Å². The van der Waals surface area contributed by atoms with Crippen molar-refractivity contribution >= 4 is 40.5 Å². The smallest absolute Gasteiger partial charge is 0.224 e. The number of benzene rings is 2. The van der Waals surface area contributed by atoms with Crippen LogP contribution in [-0.2, 0) is 11.2 Å². The van der Waals surface area contributed by atoms with Gasteiger partial charge in [-0.3, -0.25) is 9.69 Å². The number of anilines is 2. The largest absolute Gasteiger partial charge is 0.491 e. The lowest BCUT2D eigenvalue weighted by Crippen LogP contribution is -2.49. The van der Waals surface area contributed by atoms with Gasteiger partial charge >= 0.3 is 0 Å². The Balaban J connectivity index is 1.23. The second-order valence-electron chi connectivity index (χ2n) is 7.72. The van der Waals surface area contributed by atoms with E-state index in [-0.39, 0.29) is 12.5 Å². The number of nitrogens with one attached hydrogen (secondary N) is 1. The first-order chi connectivity index (χ1) is 14.5. The van der Waals surface area contributed by atoms with Crippen molar-refractivity contribution in [3.05, 3.63) is 52.0 Å². The van der Waals surface area contributed by atoms with Gasteiger partial charge in [0.05, 0.1) is 10.0 Å². The van der Waals surface area contributed by atoms with Crippen LogP contribution in [0.15, 0.2) is 36.4 Å². The fraction of sp³-hybridized carbons (Fsp3) is 0.409. The van der Waals surface area contributed by atoms with Crippen LogP contribution < -0.4 is 15.0 Å². The predicted molar refractivity (Wildman–Crippen MR) is 120 cm³/mol. The molecule has 1 saturated heterocycles. The second kappa shape index (κ2) is 9.43. The molecule has 0 saturated carbocycles. The summed E-state index contributed by atoms with van der Waals surface area (Å²) in [4.78, 5) is 16.1. The molecule has 0 aliphatic carbocycles. The van der Waals surface area contributed by atoms with Gasteiger partial charge in [0.25, 0.3) is 0 Å². The van der Waals surface area contributed by atoms with Crippen molar-refractivity contribution in [1.82, 2.24) is 4.90 Å². The molecule has 0 bridgehead atoms.